The summed E-state index contributed by atoms with van der Waals surface area (Å²) in [6, 6.07) is 5.86. The largest absolute Gasteiger partial charge is 0.492 e. The molecule has 0 spiro atoms. The van der Waals surface area contributed by atoms with Gasteiger partial charge in [-0.15, -0.1) is 11.3 Å². The van der Waals surface area contributed by atoms with Gasteiger partial charge < -0.3 is 10.5 Å². The normalized spacial score (nSPS) is 12.4. The third-order valence-corrected chi connectivity index (χ3v) is 3.21. The molecule has 0 bridgehead atoms. The first-order valence-corrected chi connectivity index (χ1v) is 6.06. The lowest BCUT2D eigenvalue weighted by Crippen LogP contribution is -2.10. The fourth-order valence-corrected chi connectivity index (χ4v) is 2.24. The molecule has 2 aromatic heterocycles. The number of ether oxygens (including phenoxy) is 1. The van der Waals surface area contributed by atoms with Crippen molar-refractivity contribution in [3.05, 3.63) is 46.4 Å². The van der Waals surface area contributed by atoms with Crippen molar-refractivity contribution in [2.75, 3.05) is 6.61 Å². The van der Waals surface area contributed by atoms with Gasteiger partial charge in [0.2, 0.25) is 0 Å². The molecule has 16 heavy (non-hydrogen) atoms. The van der Waals surface area contributed by atoms with Crippen molar-refractivity contribution in [2.45, 2.75) is 13.0 Å². The van der Waals surface area contributed by atoms with E-state index in [2.05, 4.69) is 4.98 Å². The molecule has 1 atom stereocenters. The van der Waals surface area contributed by atoms with E-state index >= 15 is 0 Å². The summed E-state index contributed by atoms with van der Waals surface area (Å²) in [6.07, 6.45) is 3.49. The van der Waals surface area contributed by atoms with Gasteiger partial charge in [0.05, 0.1) is 18.8 Å². The summed E-state index contributed by atoms with van der Waals surface area (Å²) in [5.41, 5.74) is 7.12. The highest BCUT2D eigenvalue weighted by molar-refractivity contribution is 7.10. The minimum atomic E-state index is -0.118. The van der Waals surface area contributed by atoms with Gasteiger partial charge in [-0.1, -0.05) is 6.07 Å². The molecule has 0 saturated heterocycles. The molecule has 2 heterocycles. The Morgan fingerprint density at radius 1 is 1.50 bits per heavy atom. The van der Waals surface area contributed by atoms with Crippen LogP contribution < -0.4 is 10.5 Å². The van der Waals surface area contributed by atoms with Gasteiger partial charge in [-0.2, -0.15) is 0 Å². The highest BCUT2D eigenvalue weighted by atomic mass is 32.1. The summed E-state index contributed by atoms with van der Waals surface area (Å²) in [5, 5.41) is 2.02. The smallest absolute Gasteiger partial charge is 0.137 e. The van der Waals surface area contributed by atoms with Gasteiger partial charge in [0.25, 0.3) is 0 Å². The molecule has 0 aliphatic rings. The Bertz CT molecular complexity index is 442. The van der Waals surface area contributed by atoms with E-state index in [1.54, 1.807) is 23.7 Å². The van der Waals surface area contributed by atoms with Crippen LogP contribution in [0.1, 0.15) is 23.4 Å². The number of rotatable bonds is 4. The third-order valence-electron chi connectivity index (χ3n) is 2.25. The van der Waals surface area contributed by atoms with Crippen molar-refractivity contribution in [3.63, 3.8) is 0 Å². The van der Waals surface area contributed by atoms with E-state index in [1.165, 1.54) is 0 Å². The van der Waals surface area contributed by atoms with Crippen LogP contribution in [0.15, 0.2) is 36.0 Å². The van der Waals surface area contributed by atoms with Gasteiger partial charge in [0.15, 0.2) is 0 Å². The quantitative estimate of drug-likeness (QED) is 0.884. The second-order valence-corrected chi connectivity index (χ2v) is 4.36. The maximum absolute atomic E-state index is 6.14. The number of hydrogen-bond acceptors (Lipinski definition) is 4. The van der Waals surface area contributed by atoms with Gasteiger partial charge in [-0.05, 0) is 30.0 Å². The lowest BCUT2D eigenvalue weighted by molar-refractivity contribution is 0.338. The first kappa shape index (κ1) is 11.1. The Morgan fingerprint density at radius 3 is 3.06 bits per heavy atom. The van der Waals surface area contributed by atoms with Crippen LogP contribution in [0.4, 0.5) is 0 Å². The average Bonchev–Trinajstić information content (AvgIpc) is 2.82. The van der Waals surface area contributed by atoms with Crippen LogP contribution in [0, 0.1) is 0 Å². The van der Waals surface area contributed by atoms with E-state index in [-0.39, 0.29) is 6.04 Å². The lowest BCUT2D eigenvalue weighted by Gasteiger charge is -2.11. The van der Waals surface area contributed by atoms with E-state index < -0.39 is 0 Å². The zero-order valence-electron chi connectivity index (χ0n) is 9.09. The fraction of sp³-hybridized carbons (Fsp3) is 0.250. The van der Waals surface area contributed by atoms with Crippen LogP contribution >= 0.6 is 11.3 Å². The Hall–Kier alpha value is -1.39. The molecule has 0 aliphatic heterocycles. The van der Waals surface area contributed by atoms with Crippen molar-refractivity contribution >= 4 is 11.3 Å². The SMILES string of the molecule is CCOc1cncc(C(N)c2cccs2)c1. The molecule has 2 aromatic rings. The van der Waals surface area contributed by atoms with Gasteiger partial charge in [0.1, 0.15) is 5.75 Å². The third kappa shape index (κ3) is 2.40. The summed E-state index contributed by atoms with van der Waals surface area (Å²) in [4.78, 5) is 5.27. The van der Waals surface area contributed by atoms with Crippen LogP contribution in [0.5, 0.6) is 5.75 Å². The van der Waals surface area contributed by atoms with E-state index in [4.69, 9.17) is 10.5 Å². The number of thiophene rings is 1. The molecule has 4 heteroatoms. The predicted octanol–water partition coefficient (Wildman–Crippen LogP) is 2.59. The molecule has 0 aliphatic carbocycles. The van der Waals surface area contributed by atoms with Crippen LogP contribution in [0.3, 0.4) is 0 Å². The molecule has 0 fully saturated rings. The number of nitrogens with zero attached hydrogens (tertiary/aromatic N) is 1. The highest BCUT2D eigenvalue weighted by Crippen LogP contribution is 2.25. The maximum Gasteiger partial charge on any atom is 0.137 e. The number of aromatic nitrogens is 1. The van der Waals surface area contributed by atoms with E-state index in [0.717, 1.165) is 16.2 Å². The van der Waals surface area contributed by atoms with Crippen molar-refractivity contribution in [1.29, 1.82) is 0 Å². The molecule has 0 saturated carbocycles. The monoisotopic (exact) mass is 234 g/mol. The summed E-state index contributed by atoms with van der Waals surface area (Å²) in [6.45, 7) is 2.59. The zero-order chi connectivity index (χ0) is 11.4. The lowest BCUT2D eigenvalue weighted by atomic mass is 10.1. The van der Waals surface area contributed by atoms with Crippen molar-refractivity contribution < 1.29 is 4.74 Å². The molecule has 2 N–H and O–H groups in total. The second-order valence-electron chi connectivity index (χ2n) is 3.38. The highest BCUT2D eigenvalue weighted by Gasteiger charge is 2.10. The van der Waals surface area contributed by atoms with Crippen LogP contribution in [0.2, 0.25) is 0 Å². The molecule has 84 valence electrons. The Labute approximate surface area is 98.9 Å². The summed E-state index contributed by atoms with van der Waals surface area (Å²) in [7, 11) is 0. The number of pyridine rings is 1. The van der Waals surface area contributed by atoms with Gasteiger partial charge >= 0.3 is 0 Å². The Balaban J connectivity index is 2.23. The standard InChI is InChI=1S/C12H14N2OS/c1-2-15-10-6-9(7-14-8-10)12(13)11-4-3-5-16-11/h3-8,12H,2,13H2,1H3. The predicted molar refractivity (Wildman–Crippen MR) is 65.8 cm³/mol. The summed E-state index contributed by atoms with van der Waals surface area (Å²) < 4.78 is 5.40. The first-order chi connectivity index (χ1) is 7.81. The number of hydrogen-bond donors (Lipinski definition) is 1. The minimum absolute atomic E-state index is 0.118. The van der Waals surface area contributed by atoms with Crippen LogP contribution in [-0.2, 0) is 0 Å². The van der Waals surface area contributed by atoms with E-state index in [1.807, 2.05) is 30.5 Å². The zero-order valence-corrected chi connectivity index (χ0v) is 9.91. The number of nitrogens with two attached hydrogens (primary N) is 1. The topological polar surface area (TPSA) is 48.1 Å². The van der Waals surface area contributed by atoms with Crippen molar-refractivity contribution in [1.82, 2.24) is 4.98 Å². The molecule has 0 radical (unpaired) electrons. The molecule has 2 rings (SSSR count). The van der Waals surface area contributed by atoms with E-state index in [0.29, 0.717) is 6.61 Å². The Kier molecular flexibility index (Phi) is 3.54. The summed E-state index contributed by atoms with van der Waals surface area (Å²) >= 11 is 1.65. The van der Waals surface area contributed by atoms with Crippen LogP contribution in [-0.4, -0.2) is 11.6 Å². The van der Waals surface area contributed by atoms with Gasteiger partial charge in [-0.3, -0.25) is 4.98 Å². The second kappa shape index (κ2) is 5.09. The summed E-state index contributed by atoms with van der Waals surface area (Å²) in [5.74, 6) is 0.770. The average molecular weight is 234 g/mol. The van der Waals surface area contributed by atoms with Gasteiger partial charge in [-0.25, -0.2) is 0 Å². The molecule has 0 aromatic carbocycles. The fourth-order valence-electron chi connectivity index (χ4n) is 1.48. The van der Waals surface area contributed by atoms with Gasteiger partial charge in [0, 0.05) is 11.1 Å². The van der Waals surface area contributed by atoms with Crippen LogP contribution in [0.25, 0.3) is 0 Å². The molecular weight excluding hydrogens is 220 g/mol. The van der Waals surface area contributed by atoms with E-state index in [9.17, 15) is 0 Å². The molecule has 1 unspecified atom stereocenters. The maximum atomic E-state index is 6.14. The molecule has 0 amide bonds. The van der Waals surface area contributed by atoms with Crippen molar-refractivity contribution in [2.24, 2.45) is 5.73 Å². The molecule has 3 nitrogen and oxygen atoms in total. The Morgan fingerprint density at radius 2 is 2.38 bits per heavy atom. The van der Waals surface area contributed by atoms with Crippen molar-refractivity contribution in [3.8, 4) is 5.75 Å². The molecular formula is C12H14N2OS. The minimum Gasteiger partial charge on any atom is -0.492 e. The first-order valence-electron chi connectivity index (χ1n) is 5.18.